The highest BCUT2D eigenvalue weighted by Gasteiger charge is 2.45. The largest absolute Gasteiger partial charge is 0.256 e. The zero-order valence-corrected chi connectivity index (χ0v) is 33.6. The lowest BCUT2D eigenvalue weighted by molar-refractivity contribution is 0.632. The molecule has 1 atom stereocenters. The first-order valence-electron chi connectivity index (χ1n) is 20.4. The zero-order valence-electron chi connectivity index (χ0n) is 32.7. The van der Waals surface area contributed by atoms with Gasteiger partial charge in [-0.2, -0.15) is 0 Å². The molecule has 0 bridgehead atoms. The first-order chi connectivity index (χ1) is 29.7. The van der Waals surface area contributed by atoms with E-state index in [9.17, 15) is 0 Å². The van der Waals surface area contributed by atoms with Crippen LogP contribution in [0.2, 0.25) is 0 Å². The van der Waals surface area contributed by atoms with Gasteiger partial charge in [0.25, 0.3) is 0 Å². The molecule has 284 valence electrons. The zero-order chi connectivity index (χ0) is 39.9. The lowest BCUT2D eigenvalue weighted by atomic mass is 9.70. The third-order valence-electron chi connectivity index (χ3n) is 11.9. The molecule has 9 aromatic rings. The average Bonchev–Trinajstić information content (AvgIpc) is 3.60. The first kappa shape index (κ1) is 35.9. The molecule has 2 aromatic heterocycles. The van der Waals surface area contributed by atoms with Crippen LogP contribution in [-0.4, -0.2) is 25.7 Å². The maximum Gasteiger partial charge on any atom is 0.164 e. The second kappa shape index (κ2) is 15.2. The van der Waals surface area contributed by atoms with Crippen molar-refractivity contribution in [2.45, 2.75) is 16.7 Å². The van der Waals surface area contributed by atoms with E-state index in [1.165, 1.54) is 43.8 Å². The van der Waals surface area contributed by atoms with Crippen molar-refractivity contribution in [2.75, 3.05) is 5.75 Å². The quantitative estimate of drug-likeness (QED) is 0.174. The topological polar surface area (TPSA) is 51.6 Å². The maximum absolute atomic E-state index is 5.15. The second-order valence-corrected chi connectivity index (χ2v) is 16.3. The van der Waals surface area contributed by atoms with Gasteiger partial charge in [0.1, 0.15) is 0 Å². The van der Waals surface area contributed by atoms with Crippen molar-refractivity contribution < 1.29 is 0 Å². The van der Waals surface area contributed by atoms with E-state index < -0.39 is 5.41 Å². The van der Waals surface area contributed by atoms with Gasteiger partial charge >= 0.3 is 0 Å². The van der Waals surface area contributed by atoms with Gasteiger partial charge in [-0.3, -0.25) is 4.98 Å². The Bertz CT molecular complexity index is 3070. The number of thioether (sulfide) groups is 1. The van der Waals surface area contributed by atoms with Gasteiger partial charge in [0.05, 0.1) is 10.9 Å². The van der Waals surface area contributed by atoms with Gasteiger partial charge in [-0.25, -0.2) is 15.0 Å². The molecule has 7 aromatic carbocycles. The molecule has 0 N–H and O–H groups in total. The molecule has 4 nitrogen and oxygen atoms in total. The van der Waals surface area contributed by atoms with Crippen LogP contribution < -0.4 is 0 Å². The minimum absolute atomic E-state index is 0.423. The van der Waals surface area contributed by atoms with E-state index in [2.05, 4.69) is 158 Å². The van der Waals surface area contributed by atoms with Crippen LogP contribution in [0.1, 0.15) is 23.1 Å². The second-order valence-electron chi connectivity index (χ2n) is 15.3. The Labute approximate surface area is 354 Å². The van der Waals surface area contributed by atoms with Gasteiger partial charge in [-0.05, 0) is 75.2 Å². The Balaban J connectivity index is 1.15. The molecule has 0 amide bonds. The van der Waals surface area contributed by atoms with Crippen LogP contribution in [0.25, 0.3) is 78.4 Å². The number of hydrogen-bond donors (Lipinski definition) is 0. The molecule has 5 heteroatoms. The van der Waals surface area contributed by atoms with Crippen molar-refractivity contribution in [1.82, 2.24) is 19.9 Å². The van der Waals surface area contributed by atoms with Crippen LogP contribution >= 0.6 is 11.8 Å². The van der Waals surface area contributed by atoms with E-state index in [-0.39, 0.29) is 0 Å². The number of fused-ring (bicyclic) bond motifs is 8. The fraction of sp³-hybridized carbons (Fsp3) is 0.0545. The third-order valence-corrected chi connectivity index (χ3v) is 12.9. The molecular formula is C55H38N4S. The monoisotopic (exact) mass is 786 g/mol. The summed E-state index contributed by atoms with van der Waals surface area (Å²) in [5.41, 5.74) is 14.3. The average molecular weight is 787 g/mol. The van der Waals surface area contributed by atoms with Crippen LogP contribution in [0.4, 0.5) is 0 Å². The molecule has 3 heterocycles. The predicted octanol–water partition coefficient (Wildman–Crippen LogP) is 13.7. The number of nitrogens with zero attached hydrogens (tertiary/aromatic N) is 4. The predicted molar refractivity (Wildman–Crippen MR) is 248 cm³/mol. The van der Waals surface area contributed by atoms with Crippen molar-refractivity contribution in [1.29, 1.82) is 0 Å². The SMILES string of the molecule is C1=C\CSc2ccccc2C2(C\C=C/1)c1ccc(-c3nc(-c4ccccc4)nc(-c4ccccc4)n3)cc1-c1cc(-c3ccc(-c4ccccc4)c4cccnc34)ccc12. The van der Waals surface area contributed by atoms with Crippen LogP contribution in [0, 0.1) is 0 Å². The van der Waals surface area contributed by atoms with Crippen molar-refractivity contribution >= 4 is 22.7 Å². The van der Waals surface area contributed by atoms with Gasteiger partial charge in [0, 0.05) is 44.5 Å². The van der Waals surface area contributed by atoms with E-state index in [0.29, 0.717) is 17.5 Å². The Hall–Kier alpha value is -7.21. The minimum Gasteiger partial charge on any atom is -0.256 e. The van der Waals surface area contributed by atoms with E-state index in [0.717, 1.165) is 50.9 Å². The molecular weight excluding hydrogens is 749 g/mol. The summed E-state index contributed by atoms with van der Waals surface area (Å²) in [6, 6.07) is 62.6. The highest BCUT2D eigenvalue weighted by Crippen LogP contribution is 2.57. The van der Waals surface area contributed by atoms with E-state index in [1.807, 2.05) is 60.4 Å². The number of aromatic nitrogens is 4. The first-order valence-corrected chi connectivity index (χ1v) is 21.4. The maximum atomic E-state index is 5.15. The minimum atomic E-state index is -0.423. The molecule has 0 saturated carbocycles. The van der Waals surface area contributed by atoms with Crippen LogP contribution in [0.15, 0.2) is 211 Å². The molecule has 11 rings (SSSR count). The van der Waals surface area contributed by atoms with Crippen LogP contribution in [0.3, 0.4) is 0 Å². The van der Waals surface area contributed by atoms with Crippen LogP contribution in [-0.2, 0) is 5.41 Å². The van der Waals surface area contributed by atoms with Gasteiger partial charge in [0.15, 0.2) is 17.5 Å². The summed E-state index contributed by atoms with van der Waals surface area (Å²) in [5.74, 6) is 2.84. The molecule has 0 fully saturated rings. The highest BCUT2D eigenvalue weighted by molar-refractivity contribution is 7.99. The number of allylic oxidation sites excluding steroid dienone is 3. The summed E-state index contributed by atoms with van der Waals surface area (Å²) in [6.45, 7) is 0. The van der Waals surface area contributed by atoms with Gasteiger partial charge in [-0.15, -0.1) is 11.8 Å². The summed E-state index contributed by atoms with van der Waals surface area (Å²) in [6.07, 6.45) is 11.7. The lowest BCUT2D eigenvalue weighted by Crippen LogP contribution is -2.27. The Kier molecular flexibility index (Phi) is 9.09. The molecule has 1 unspecified atom stereocenters. The van der Waals surface area contributed by atoms with Crippen molar-refractivity contribution in [2.24, 2.45) is 0 Å². The molecule has 1 spiro atoms. The Morgan fingerprint density at radius 1 is 0.417 bits per heavy atom. The van der Waals surface area contributed by atoms with Gasteiger partial charge in [0.2, 0.25) is 0 Å². The third kappa shape index (κ3) is 6.18. The summed E-state index contributed by atoms with van der Waals surface area (Å²) in [5, 5.41) is 1.13. The number of pyridine rings is 1. The van der Waals surface area contributed by atoms with E-state index >= 15 is 0 Å². The summed E-state index contributed by atoms with van der Waals surface area (Å²) < 4.78 is 0. The standard InChI is InChI=1S/C55H38N4S/c1-2-15-34-60-50-25-13-12-24-49(50)55(32-14-1)47-30-26-40(43-29-28-42(37-17-6-3-7-18-37)44-23-16-33-56-51(43)44)35-45(47)46-36-41(27-31-48(46)55)54-58-52(38-19-8-4-9-20-38)57-53(59-54)39-21-10-5-11-22-39/h1-31,33,35-36H,32,34H2/b14-1-,15-2-. The Morgan fingerprint density at radius 3 is 1.68 bits per heavy atom. The molecule has 2 aliphatic rings. The molecule has 0 saturated heterocycles. The molecule has 0 radical (unpaired) electrons. The van der Waals surface area contributed by atoms with Crippen molar-refractivity contribution in [3.63, 3.8) is 0 Å². The summed E-state index contributed by atoms with van der Waals surface area (Å²) in [4.78, 5) is 21.6. The van der Waals surface area contributed by atoms with E-state index in [1.54, 1.807) is 0 Å². The summed E-state index contributed by atoms with van der Waals surface area (Å²) >= 11 is 1.90. The Morgan fingerprint density at radius 2 is 0.983 bits per heavy atom. The van der Waals surface area contributed by atoms with Crippen molar-refractivity contribution in [3.05, 3.63) is 223 Å². The highest BCUT2D eigenvalue weighted by atomic mass is 32.2. The fourth-order valence-corrected chi connectivity index (χ4v) is 10.1. The van der Waals surface area contributed by atoms with Crippen molar-refractivity contribution in [3.8, 4) is 67.5 Å². The van der Waals surface area contributed by atoms with Crippen LogP contribution in [0.5, 0.6) is 0 Å². The van der Waals surface area contributed by atoms with E-state index in [4.69, 9.17) is 19.9 Å². The number of rotatable bonds is 5. The molecule has 60 heavy (non-hydrogen) atoms. The smallest absolute Gasteiger partial charge is 0.164 e. The fourth-order valence-electron chi connectivity index (χ4n) is 9.10. The normalized spacial score (nSPS) is 16.5. The number of benzene rings is 7. The molecule has 1 aliphatic heterocycles. The molecule has 1 aliphatic carbocycles. The van der Waals surface area contributed by atoms with Gasteiger partial charge < -0.3 is 0 Å². The lowest BCUT2D eigenvalue weighted by Gasteiger charge is -2.34. The number of hydrogen-bond acceptors (Lipinski definition) is 5. The summed E-state index contributed by atoms with van der Waals surface area (Å²) in [7, 11) is 0. The van der Waals surface area contributed by atoms with Gasteiger partial charge in [-0.1, -0.05) is 176 Å².